The SMILES string of the molecule is O=[P+](O)OCCCCCCCCCCO[P+](=O)O. The minimum absolute atomic E-state index is 0.350. The summed E-state index contributed by atoms with van der Waals surface area (Å²) in [6.07, 6.45) is 8.14. The second-order valence-corrected chi connectivity index (χ2v) is 5.44. The van der Waals surface area contributed by atoms with Crippen molar-refractivity contribution < 1.29 is 28.0 Å². The molecule has 0 rings (SSSR count). The largest absolute Gasteiger partial charge is 0.694 e. The number of unbranched alkanes of at least 4 members (excludes halogenated alkanes) is 7. The van der Waals surface area contributed by atoms with Crippen molar-refractivity contribution >= 4 is 16.5 Å². The molecule has 2 N–H and O–H groups in total. The van der Waals surface area contributed by atoms with Crippen molar-refractivity contribution in [2.75, 3.05) is 13.2 Å². The molecule has 0 aromatic carbocycles. The lowest BCUT2D eigenvalue weighted by molar-refractivity contribution is 0.270. The van der Waals surface area contributed by atoms with Crippen molar-refractivity contribution in [1.29, 1.82) is 0 Å². The van der Waals surface area contributed by atoms with Gasteiger partial charge >= 0.3 is 16.5 Å². The number of hydrogen-bond acceptors (Lipinski definition) is 4. The maximum Gasteiger partial charge on any atom is 0.694 e. The lowest BCUT2D eigenvalue weighted by atomic mass is 10.1. The Morgan fingerprint density at radius 2 is 0.889 bits per heavy atom. The Balaban J connectivity index is 2.99. The third-order valence-electron chi connectivity index (χ3n) is 2.44. The standard InChI is InChI=1S/C10H20O6P2/c11-17(12)15-9-7-5-3-1-2-4-6-8-10-16-18(13)14/h1-10H2/p+2. The van der Waals surface area contributed by atoms with Gasteiger partial charge in [-0.2, -0.15) is 0 Å². The van der Waals surface area contributed by atoms with E-state index >= 15 is 0 Å². The second kappa shape index (κ2) is 13.5. The molecule has 0 saturated carbocycles. The van der Waals surface area contributed by atoms with Crippen LogP contribution in [0.3, 0.4) is 0 Å². The number of hydrogen-bond donors (Lipinski definition) is 2. The average molecular weight is 300 g/mol. The molecule has 0 fully saturated rings. The van der Waals surface area contributed by atoms with Crippen LogP contribution in [0, 0.1) is 0 Å². The molecule has 2 unspecified atom stereocenters. The molecule has 106 valence electrons. The van der Waals surface area contributed by atoms with E-state index < -0.39 is 16.5 Å². The van der Waals surface area contributed by atoms with Crippen molar-refractivity contribution in [1.82, 2.24) is 0 Å². The summed E-state index contributed by atoms with van der Waals surface area (Å²) in [5.74, 6) is 0. The van der Waals surface area contributed by atoms with Gasteiger partial charge in [0.25, 0.3) is 0 Å². The van der Waals surface area contributed by atoms with Crippen LogP contribution in [0.1, 0.15) is 51.4 Å². The summed E-state index contributed by atoms with van der Waals surface area (Å²) in [6.45, 7) is 0.699. The van der Waals surface area contributed by atoms with E-state index in [1.54, 1.807) is 0 Å². The molecule has 0 heterocycles. The molecule has 6 nitrogen and oxygen atoms in total. The van der Waals surface area contributed by atoms with E-state index in [0.717, 1.165) is 51.4 Å². The van der Waals surface area contributed by atoms with Crippen LogP contribution in [0.4, 0.5) is 0 Å². The van der Waals surface area contributed by atoms with Crippen LogP contribution in [0.25, 0.3) is 0 Å². The highest BCUT2D eigenvalue weighted by Crippen LogP contribution is 2.17. The van der Waals surface area contributed by atoms with Gasteiger partial charge in [0.15, 0.2) is 0 Å². The Kier molecular flexibility index (Phi) is 13.5. The molecular weight excluding hydrogens is 278 g/mol. The maximum absolute atomic E-state index is 10.2. The minimum Gasteiger partial charge on any atom is -0.133 e. The van der Waals surface area contributed by atoms with E-state index in [1.165, 1.54) is 0 Å². The van der Waals surface area contributed by atoms with Crippen LogP contribution in [0.15, 0.2) is 0 Å². The second-order valence-electron chi connectivity index (χ2n) is 3.97. The predicted molar refractivity (Wildman–Crippen MR) is 68.5 cm³/mol. The zero-order valence-corrected chi connectivity index (χ0v) is 12.3. The highest BCUT2D eigenvalue weighted by molar-refractivity contribution is 7.32. The van der Waals surface area contributed by atoms with Crippen LogP contribution in [0.5, 0.6) is 0 Å². The molecule has 0 saturated heterocycles. The quantitative estimate of drug-likeness (QED) is 0.400. The van der Waals surface area contributed by atoms with Crippen LogP contribution in [0.2, 0.25) is 0 Å². The Morgan fingerprint density at radius 3 is 1.17 bits per heavy atom. The molecule has 18 heavy (non-hydrogen) atoms. The molecule has 0 amide bonds. The fourth-order valence-electron chi connectivity index (χ4n) is 1.55. The van der Waals surface area contributed by atoms with Gasteiger partial charge in [0.1, 0.15) is 13.2 Å². The smallest absolute Gasteiger partial charge is 0.133 e. The third-order valence-corrected chi connectivity index (χ3v) is 3.25. The molecule has 0 aliphatic rings. The van der Waals surface area contributed by atoms with Gasteiger partial charge in [-0.1, -0.05) is 38.5 Å². The molecular formula is C10H22O6P2+2. The van der Waals surface area contributed by atoms with Crippen molar-refractivity contribution in [2.45, 2.75) is 51.4 Å². The molecule has 0 aromatic heterocycles. The first kappa shape index (κ1) is 18.0. The molecule has 0 spiro atoms. The summed E-state index contributed by atoms with van der Waals surface area (Å²) in [4.78, 5) is 16.7. The summed E-state index contributed by atoms with van der Waals surface area (Å²) >= 11 is 0. The Morgan fingerprint density at radius 1 is 0.611 bits per heavy atom. The molecule has 0 radical (unpaired) electrons. The maximum atomic E-state index is 10.2. The van der Waals surface area contributed by atoms with Crippen molar-refractivity contribution in [3.8, 4) is 0 Å². The van der Waals surface area contributed by atoms with Gasteiger partial charge in [-0.3, -0.25) is 0 Å². The Hall–Kier alpha value is 0.0400. The molecule has 0 bridgehead atoms. The van der Waals surface area contributed by atoms with Crippen LogP contribution in [-0.2, 0) is 18.2 Å². The fraction of sp³-hybridized carbons (Fsp3) is 1.00. The zero-order chi connectivity index (χ0) is 13.6. The van der Waals surface area contributed by atoms with Crippen molar-refractivity contribution in [2.24, 2.45) is 0 Å². The molecule has 8 heteroatoms. The Labute approximate surface area is 110 Å². The molecule has 2 atom stereocenters. The normalized spacial score (nSPS) is 12.6. The van der Waals surface area contributed by atoms with Gasteiger partial charge < -0.3 is 0 Å². The minimum atomic E-state index is -2.44. The summed E-state index contributed by atoms with van der Waals surface area (Å²) in [5, 5.41) is 0. The fourth-order valence-corrected chi connectivity index (χ4v) is 2.12. The van der Waals surface area contributed by atoms with Crippen LogP contribution in [-0.4, -0.2) is 23.0 Å². The van der Waals surface area contributed by atoms with Crippen molar-refractivity contribution in [3.63, 3.8) is 0 Å². The van der Waals surface area contributed by atoms with Gasteiger partial charge in [-0.05, 0) is 12.8 Å². The number of rotatable bonds is 13. The summed E-state index contributed by atoms with van der Waals surface area (Å²) in [7, 11) is -4.88. The van der Waals surface area contributed by atoms with E-state index in [9.17, 15) is 9.13 Å². The summed E-state index contributed by atoms with van der Waals surface area (Å²) in [6, 6.07) is 0. The highest BCUT2D eigenvalue weighted by Gasteiger charge is 2.10. The Bertz CT molecular complexity index is 212. The van der Waals surface area contributed by atoms with Gasteiger partial charge in [0, 0.05) is 9.13 Å². The first-order chi connectivity index (χ1) is 8.63. The van der Waals surface area contributed by atoms with E-state index in [2.05, 4.69) is 9.05 Å². The van der Waals surface area contributed by atoms with Gasteiger partial charge in [0.2, 0.25) is 0 Å². The topological polar surface area (TPSA) is 93.1 Å². The van der Waals surface area contributed by atoms with Gasteiger partial charge in [-0.15, -0.1) is 18.8 Å². The summed E-state index contributed by atoms with van der Waals surface area (Å²) in [5.41, 5.74) is 0. The van der Waals surface area contributed by atoms with E-state index in [4.69, 9.17) is 9.79 Å². The summed E-state index contributed by atoms with van der Waals surface area (Å²) < 4.78 is 29.4. The first-order valence-corrected chi connectivity index (χ1v) is 8.47. The van der Waals surface area contributed by atoms with Crippen molar-refractivity contribution in [3.05, 3.63) is 0 Å². The van der Waals surface area contributed by atoms with E-state index in [1.807, 2.05) is 0 Å². The van der Waals surface area contributed by atoms with E-state index in [-0.39, 0.29) is 0 Å². The van der Waals surface area contributed by atoms with Crippen LogP contribution >= 0.6 is 16.5 Å². The molecule has 0 aliphatic carbocycles. The lowest BCUT2D eigenvalue weighted by Gasteiger charge is -1.99. The molecule has 0 aromatic rings. The predicted octanol–water partition coefficient (Wildman–Crippen LogP) is 3.44. The lowest BCUT2D eigenvalue weighted by Crippen LogP contribution is -1.89. The van der Waals surface area contributed by atoms with Crippen LogP contribution < -0.4 is 0 Å². The first-order valence-electron chi connectivity index (χ1n) is 6.21. The molecule has 0 aliphatic heterocycles. The van der Waals surface area contributed by atoms with E-state index in [0.29, 0.717) is 13.2 Å². The van der Waals surface area contributed by atoms with Gasteiger partial charge in [-0.25, -0.2) is 0 Å². The zero-order valence-electron chi connectivity index (χ0n) is 10.5. The third kappa shape index (κ3) is 16.0. The average Bonchev–Trinajstić information content (AvgIpc) is 2.29. The highest BCUT2D eigenvalue weighted by atomic mass is 31.1. The van der Waals surface area contributed by atoms with Gasteiger partial charge in [0.05, 0.1) is 0 Å². The monoisotopic (exact) mass is 300 g/mol.